The fourth-order valence-corrected chi connectivity index (χ4v) is 1.09. The summed E-state index contributed by atoms with van der Waals surface area (Å²) in [7, 11) is 0. The van der Waals surface area contributed by atoms with Crippen molar-refractivity contribution in [3.63, 3.8) is 0 Å². The van der Waals surface area contributed by atoms with E-state index < -0.39 is 25.2 Å². The predicted molar refractivity (Wildman–Crippen MR) is 42.9 cm³/mol. The Labute approximate surface area is 71.9 Å². The van der Waals surface area contributed by atoms with Crippen molar-refractivity contribution < 1.29 is 13.3 Å². The van der Waals surface area contributed by atoms with Crippen molar-refractivity contribution in [2.24, 2.45) is 0 Å². The molecule has 0 aliphatic heterocycles. The molecule has 1 heteroatoms. The molecule has 1 saturated carbocycles. The molecule has 1 rings (SSSR count). The van der Waals surface area contributed by atoms with Crippen LogP contribution in [-0.4, -0.2) is 10.7 Å². The van der Waals surface area contributed by atoms with Crippen molar-refractivity contribution in [3.05, 3.63) is 0 Å². The van der Waals surface area contributed by atoms with Gasteiger partial charge in [-0.25, -0.2) is 0 Å². The Morgan fingerprint density at radius 2 is 2.20 bits per heavy atom. The van der Waals surface area contributed by atoms with Crippen LogP contribution in [0.15, 0.2) is 0 Å². The van der Waals surface area contributed by atoms with Gasteiger partial charge in [0, 0.05) is 8.22 Å². The van der Waals surface area contributed by atoms with Crippen molar-refractivity contribution in [2.75, 3.05) is 0 Å². The average Bonchev–Trinajstić information content (AvgIpc) is 2.08. The molecule has 1 N–H and O–H groups in total. The van der Waals surface area contributed by atoms with Gasteiger partial charge in [0.1, 0.15) is 0 Å². The van der Waals surface area contributed by atoms with Gasteiger partial charge in [0.25, 0.3) is 0 Å². The van der Waals surface area contributed by atoms with Crippen molar-refractivity contribution in [2.45, 2.75) is 57.3 Å². The van der Waals surface area contributed by atoms with E-state index in [9.17, 15) is 5.11 Å². The third kappa shape index (κ3) is 2.70. The molecule has 1 fully saturated rings. The van der Waals surface area contributed by atoms with Gasteiger partial charge >= 0.3 is 0 Å². The molecular weight excluding hydrogens is 124 g/mol. The summed E-state index contributed by atoms with van der Waals surface area (Å²) in [5.41, 5.74) is -2.40. The van der Waals surface area contributed by atoms with Crippen LogP contribution in [0.4, 0.5) is 0 Å². The summed E-state index contributed by atoms with van der Waals surface area (Å²) < 4.78 is 45.0. The summed E-state index contributed by atoms with van der Waals surface area (Å²) in [5.74, 6) is 0. The molecule has 0 radical (unpaired) electrons. The molecule has 1 aliphatic carbocycles. The van der Waals surface area contributed by atoms with Crippen molar-refractivity contribution >= 4 is 0 Å². The molecule has 0 bridgehead atoms. The number of aliphatic hydroxyl groups is 1. The van der Waals surface area contributed by atoms with Gasteiger partial charge in [0.2, 0.25) is 0 Å². The Bertz CT molecular complexity index is 251. The van der Waals surface area contributed by atoms with Crippen LogP contribution >= 0.6 is 0 Å². The zero-order valence-corrected chi connectivity index (χ0v) is 6.06. The second kappa shape index (κ2) is 3.38. The molecule has 0 saturated heterocycles. The van der Waals surface area contributed by atoms with Crippen molar-refractivity contribution in [1.29, 1.82) is 0 Å². The SMILES string of the molecule is [2H]C1CCCCC([2H])([2H])C(O)(C([2H])([2H])[2H])C1. The summed E-state index contributed by atoms with van der Waals surface area (Å²) in [5, 5.41) is 10.2. The lowest BCUT2D eigenvalue weighted by atomic mass is 9.89. The molecule has 2 unspecified atom stereocenters. The molecule has 0 amide bonds. The van der Waals surface area contributed by atoms with Crippen LogP contribution in [0.5, 0.6) is 0 Å². The Morgan fingerprint density at radius 3 is 3.00 bits per heavy atom. The lowest BCUT2D eigenvalue weighted by molar-refractivity contribution is 0.0328. The highest BCUT2D eigenvalue weighted by Crippen LogP contribution is 2.24. The van der Waals surface area contributed by atoms with Crippen LogP contribution in [0, 0.1) is 0 Å². The van der Waals surface area contributed by atoms with E-state index in [1.54, 1.807) is 0 Å². The summed E-state index contributed by atoms with van der Waals surface area (Å²) in [6, 6.07) is 0. The van der Waals surface area contributed by atoms with Gasteiger partial charge in [-0.05, 0) is 19.6 Å². The lowest BCUT2D eigenvalue weighted by Gasteiger charge is -2.25. The molecule has 0 heterocycles. The molecule has 2 atom stereocenters. The number of hydrogen-bond donors (Lipinski definition) is 1. The van der Waals surface area contributed by atoms with Gasteiger partial charge in [-0.2, -0.15) is 0 Å². The summed E-state index contributed by atoms with van der Waals surface area (Å²) in [4.78, 5) is 0. The topological polar surface area (TPSA) is 20.2 Å². The predicted octanol–water partition coefficient (Wildman–Crippen LogP) is 2.48. The lowest BCUT2D eigenvalue weighted by Crippen LogP contribution is -2.24. The maximum atomic E-state index is 10.2. The largest absolute Gasteiger partial charge is 0.390 e. The monoisotopic (exact) mass is 148 g/mol. The van der Waals surface area contributed by atoms with E-state index in [0.29, 0.717) is 19.3 Å². The first-order valence-electron chi connectivity index (χ1n) is 6.82. The quantitative estimate of drug-likeness (QED) is 0.559. The summed E-state index contributed by atoms with van der Waals surface area (Å²) >= 11 is 0. The zero-order valence-electron chi connectivity index (χ0n) is 12.1. The van der Waals surface area contributed by atoms with E-state index in [2.05, 4.69) is 0 Å². The van der Waals surface area contributed by atoms with Crippen LogP contribution in [0.1, 0.15) is 60.0 Å². The maximum absolute atomic E-state index is 10.2. The zero-order chi connectivity index (χ0) is 12.6. The highest BCUT2D eigenvalue weighted by molar-refractivity contribution is 4.73. The Kier molecular flexibility index (Phi) is 1.06. The fraction of sp³-hybridized carbons (Fsp3) is 1.00. The minimum absolute atomic E-state index is 0.0363. The minimum atomic E-state index is -2.78. The highest BCUT2D eigenvalue weighted by Gasteiger charge is 2.20. The molecule has 0 spiro atoms. The second-order valence-electron chi connectivity index (χ2n) is 2.78. The average molecular weight is 148 g/mol. The maximum Gasteiger partial charge on any atom is 0.0619 e. The molecule has 10 heavy (non-hydrogen) atoms. The molecule has 1 aliphatic rings. The van der Waals surface area contributed by atoms with Gasteiger partial charge in [-0.3, -0.25) is 0 Å². The van der Waals surface area contributed by atoms with Crippen LogP contribution in [0.25, 0.3) is 0 Å². The van der Waals surface area contributed by atoms with Crippen molar-refractivity contribution in [3.8, 4) is 0 Å². The van der Waals surface area contributed by atoms with Gasteiger partial charge in [0.15, 0.2) is 0 Å². The number of rotatable bonds is 0. The fourth-order valence-electron chi connectivity index (χ4n) is 1.09. The van der Waals surface area contributed by atoms with Crippen LogP contribution in [0.2, 0.25) is 0 Å². The van der Waals surface area contributed by atoms with Gasteiger partial charge in [-0.15, -0.1) is 0 Å². The first-order chi connectivity index (χ1) is 7.10. The van der Waals surface area contributed by atoms with Crippen molar-refractivity contribution in [1.82, 2.24) is 0 Å². The standard InChI is InChI=1S/C9H18O/c1-9(10)7-5-3-2-4-6-8-9/h10H,2-8H2,1H3/i1D3,5D,8D2. The molecule has 60 valence electrons. The molecule has 1 nitrogen and oxygen atoms in total. The van der Waals surface area contributed by atoms with E-state index in [1.165, 1.54) is 0 Å². The van der Waals surface area contributed by atoms with Crippen LogP contribution in [0.3, 0.4) is 0 Å². The molecular formula is C9H18O. The first-order valence-corrected chi connectivity index (χ1v) is 3.75. The first kappa shape index (κ1) is 3.14. The molecule has 0 aromatic heterocycles. The van der Waals surface area contributed by atoms with Gasteiger partial charge < -0.3 is 5.11 Å². The Hall–Kier alpha value is -0.0400. The minimum Gasteiger partial charge on any atom is -0.390 e. The third-order valence-corrected chi connectivity index (χ3v) is 1.69. The van der Waals surface area contributed by atoms with E-state index in [-0.39, 0.29) is 12.8 Å². The summed E-state index contributed by atoms with van der Waals surface area (Å²) in [6.45, 7) is -2.78. The van der Waals surface area contributed by atoms with Gasteiger partial charge in [-0.1, -0.05) is 32.1 Å². The highest BCUT2D eigenvalue weighted by atomic mass is 16.3. The Morgan fingerprint density at radius 1 is 1.40 bits per heavy atom. The van der Waals surface area contributed by atoms with Crippen LogP contribution < -0.4 is 0 Å². The van der Waals surface area contributed by atoms with Gasteiger partial charge in [0.05, 0.1) is 5.60 Å². The smallest absolute Gasteiger partial charge is 0.0619 e. The second-order valence-corrected chi connectivity index (χ2v) is 2.78. The van der Waals surface area contributed by atoms with E-state index in [1.807, 2.05) is 0 Å². The van der Waals surface area contributed by atoms with Crippen LogP contribution in [-0.2, 0) is 0 Å². The molecule has 0 aromatic carbocycles. The Balaban J connectivity index is 3.06. The molecule has 0 aromatic rings. The van der Waals surface area contributed by atoms with E-state index >= 15 is 0 Å². The third-order valence-electron chi connectivity index (χ3n) is 1.69. The van der Waals surface area contributed by atoms with E-state index in [4.69, 9.17) is 8.22 Å². The normalized spacial score (nSPS) is 59.1. The van der Waals surface area contributed by atoms with E-state index in [0.717, 1.165) is 0 Å². The number of hydrogen-bond acceptors (Lipinski definition) is 1. The summed E-state index contributed by atoms with van der Waals surface area (Å²) in [6.07, 6.45) is -1.40.